The van der Waals surface area contributed by atoms with Gasteiger partial charge in [0.1, 0.15) is 11.0 Å². The first-order valence-corrected chi connectivity index (χ1v) is 3.65. The van der Waals surface area contributed by atoms with Crippen molar-refractivity contribution in [3.8, 4) is 0 Å². The second-order valence-corrected chi connectivity index (χ2v) is 2.88. The number of hydrogen-bond acceptors (Lipinski definition) is 3. The van der Waals surface area contributed by atoms with Crippen molar-refractivity contribution in [1.82, 2.24) is 9.97 Å². The molecule has 0 aromatic carbocycles. The molecular formula is C7H10ClN3. The Morgan fingerprint density at radius 1 is 1.45 bits per heavy atom. The normalized spacial score (nSPS) is 9.82. The van der Waals surface area contributed by atoms with E-state index in [1.54, 1.807) is 6.20 Å². The molecule has 60 valence electrons. The van der Waals surface area contributed by atoms with Crippen LogP contribution in [0.1, 0.15) is 5.69 Å². The van der Waals surface area contributed by atoms with Gasteiger partial charge in [-0.2, -0.15) is 0 Å². The fourth-order valence-electron chi connectivity index (χ4n) is 0.886. The molecule has 0 N–H and O–H groups in total. The summed E-state index contributed by atoms with van der Waals surface area (Å²) in [6.07, 6.45) is 1.55. The fraction of sp³-hybridized carbons (Fsp3) is 0.429. The quantitative estimate of drug-likeness (QED) is 0.642. The molecular weight excluding hydrogens is 162 g/mol. The van der Waals surface area contributed by atoms with Gasteiger partial charge in [0.2, 0.25) is 0 Å². The Morgan fingerprint density at radius 2 is 2.09 bits per heavy atom. The molecule has 0 atom stereocenters. The lowest BCUT2D eigenvalue weighted by Crippen LogP contribution is -2.12. The molecule has 0 fully saturated rings. The zero-order valence-corrected chi connectivity index (χ0v) is 7.55. The van der Waals surface area contributed by atoms with Crippen LogP contribution in [0.5, 0.6) is 0 Å². The van der Waals surface area contributed by atoms with Crippen LogP contribution in [-0.2, 0) is 0 Å². The second-order valence-electron chi connectivity index (χ2n) is 2.50. The van der Waals surface area contributed by atoms with E-state index in [0.717, 1.165) is 11.5 Å². The molecule has 0 saturated carbocycles. The van der Waals surface area contributed by atoms with Gasteiger partial charge in [0.05, 0.1) is 11.9 Å². The largest absolute Gasteiger partial charge is 0.361 e. The fourth-order valence-corrected chi connectivity index (χ4v) is 1.06. The summed E-state index contributed by atoms with van der Waals surface area (Å²) >= 11 is 5.63. The van der Waals surface area contributed by atoms with Gasteiger partial charge in [-0.15, -0.1) is 0 Å². The maximum Gasteiger partial charge on any atom is 0.149 e. The van der Waals surface area contributed by atoms with Crippen molar-refractivity contribution in [2.24, 2.45) is 0 Å². The SMILES string of the molecule is Cc1nc(Cl)cnc1N(C)C. The molecule has 0 aliphatic heterocycles. The molecule has 1 aromatic heterocycles. The van der Waals surface area contributed by atoms with Crippen molar-refractivity contribution < 1.29 is 0 Å². The van der Waals surface area contributed by atoms with E-state index < -0.39 is 0 Å². The Kier molecular flexibility index (Phi) is 2.29. The van der Waals surface area contributed by atoms with Crippen molar-refractivity contribution in [2.75, 3.05) is 19.0 Å². The maximum atomic E-state index is 5.63. The number of aryl methyl sites for hydroxylation is 1. The van der Waals surface area contributed by atoms with Crippen LogP contribution >= 0.6 is 11.6 Å². The van der Waals surface area contributed by atoms with E-state index in [1.807, 2.05) is 25.9 Å². The zero-order chi connectivity index (χ0) is 8.43. The van der Waals surface area contributed by atoms with Gasteiger partial charge in [-0.05, 0) is 6.92 Å². The number of halogens is 1. The van der Waals surface area contributed by atoms with Gasteiger partial charge in [0.15, 0.2) is 0 Å². The highest BCUT2D eigenvalue weighted by molar-refractivity contribution is 6.29. The predicted octanol–water partition coefficient (Wildman–Crippen LogP) is 1.50. The summed E-state index contributed by atoms with van der Waals surface area (Å²) in [5.41, 5.74) is 0.850. The zero-order valence-electron chi connectivity index (χ0n) is 6.80. The lowest BCUT2D eigenvalue weighted by molar-refractivity contribution is 1.00. The smallest absolute Gasteiger partial charge is 0.149 e. The highest BCUT2D eigenvalue weighted by Crippen LogP contribution is 2.13. The van der Waals surface area contributed by atoms with Gasteiger partial charge in [0.25, 0.3) is 0 Å². The van der Waals surface area contributed by atoms with Crippen LogP contribution in [0.25, 0.3) is 0 Å². The molecule has 11 heavy (non-hydrogen) atoms. The van der Waals surface area contributed by atoms with Gasteiger partial charge in [-0.25, -0.2) is 9.97 Å². The molecule has 0 amide bonds. The summed E-state index contributed by atoms with van der Waals surface area (Å²) in [6.45, 7) is 1.88. The average molecular weight is 172 g/mol. The molecule has 1 aromatic rings. The number of hydrogen-bond donors (Lipinski definition) is 0. The van der Waals surface area contributed by atoms with Crippen molar-refractivity contribution in [3.63, 3.8) is 0 Å². The number of aromatic nitrogens is 2. The number of nitrogens with zero attached hydrogens (tertiary/aromatic N) is 3. The van der Waals surface area contributed by atoms with E-state index >= 15 is 0 Å². The molecule has 0 aliphatic rings. The Labute approximate surface area is 71.0 Å². The Balaban J connectivity index is 3.09. The van der Waals surface area contributed by atoms with E-state index in [4.69, 9.17) is 11.6 Å². The first kappa shape index (κ1) is 8.27. The minimum absolute atomic E-state index is 0.438. The summed E-state index contributed by atoms with van der Waals surface area (Å²) < 4.78 is 0. The minimum Gasteiger partial charge on any atom is -0.361 e. The predicted molar refractivity (Wildman–Crippen MR) is 46.1 cm³/mol. The lowest BCUT2D eigenvalue weighted by atomic mass is 10.4. The van der Waals surface area contributed by atoms with Gasteiger partial charge in [0, 0.05) is 14.1 Å². The maximum absolute atomic E-state index is 5.63. The molecule has 0 radical (unpaired) electrons. The van der Waals surface area contributed by atoms with E-state index in [1.165, 1.54) is 0 Å². The number of anilines is 1. The van der Waals surface area contributed by atoms with Crippen LogP contribution in [-0.4, -0.2) is 24.1 Å². The highest BCUT2D eigenvalue weighted by atomic mass is 35.5. The van der Waals surface area contributed by atoms with Gasteiger partial charge >= 0.3 is 0 Å². The third-order valence-corrected chi connectivity index (χ3v) is 1.50. The van der Waals surface area contributed by atoms with E-state index in [2.05, 4.69) is 9.97 Å². The molecule has 4 heteroatoms. The highest BCUT2D eigenvalue weighted by Gasteiger charge is 2.02. The molecule has 0 bridgehead atoms. The van der Waals surface area contributed by atoms with Crippen LogP contribution in [0.2, 0.25) is 5.15 Å². The summed E-state index contributed by atoms with van der Waals surface area (Å²) in [6, 6.07) is 0. The second kappa shape index (κ2) is 3.05. The van der Waals surface area contributed by atoms with Crippen LogP contribution in [0, 0.1) is 6.92 Å². The monoisotopic (exact) mass is 171 g/mol. The molecule has 0 unspecified atom stereocenters. The van der Waals surface area contributed by atoms with Gasteiger partial charge in [-0.1, -0.05) is 11.6 Å². The molecule has 0 aliphatic carbocycles. The van der Waals surface area contributed by atoms with Crippen LogP contribution in [0.4, 0.5) is 5.82 Å². The van der Waals surface area contributed by atoms with Crippen LogP contribution in [0.15, 0.2) is 6.20 Å². The van der Waals surface area contributed by atoms with E-state index in [9.17, 15) is 0 Å². The lowest BCUT2D eigenvalue weighted by Gasteiger charge is -2.12. The average Bonchev–Trinajstić information content (AvgIpc) is 1.85. The van der Waals surface area contributed by atoms with Crippen LogP contribution < -0.4 is 4.90 Å². The first-order valence-electron chi connectivity index (χ1n) is 3.27. The summed E-state index contributed by atoms with van der Waals surface area (Å²) in [7, 11) is 3.84. The van der Waals surface area contributed by atoms with E-state index in [-0.39, 0.29) is 0 Å². The first-order chi connectivity index (χ1) is 5.11. The van der Waals surface area contributed by atoms with Crippen molar-refractivity contribution in [1.29, 1.82) is 0 Å². The molecule has 1 heterocycles. The molecule has 0 spiro atoms. The summed E-state index contributed by atoms with van der Waals surface area (Å²) in [4.78, 5) is 10.1. The van der Waals surface area contributed by atoms with E-state index in [0.29, 0.717) is 5.15 Å². The summed E-state index contributed by atoms with van der Waals surface area (Å²) in [5, 5.41) is 0.438. The molecule has 1 rings (SSSR count). The summed E-state index contributed by atoms with van der Waals surface area (Å²) in [5.74, 6) is 0.856. The van der Waals surface area contributed by atoms with Crippen molar-refractivity contribution in [3.05, 3.63) is 17.0 Å². The van der Waals surface area contributed by atoms with Crippen LogP contribution in [0.3, 0.4) is 0 Å². The third-order valence-electron chi connectivity index (χ3n) is 1.32. The Morgan fingerprint density at radius 3 is 2.55 bits per heavy atom. The minimum atomic E-state index is 0.438. The topological polar surface area (TPSA) is 29.0 Å². The van der Waals surface area contributed by atoms with Gasteiger partial charge < -0.3 is 4.90 Å². The Bertz CT molecular complexity index is 260. The molecule has 3 nitrogen and oxygen atoms in total. The Hall–Kier alpha value is -0.830. The van der Waals surface area contributed by atoms with Crippen molar-refractivity contribution >= 4 is 17.4 Å². The van der Waals surface area contributed by atoms with Gasteiger partial charge in [-0.3, -0.25) is 0 Å². The number of rotatable bonds is 1. The standard InChI is InChI=1S/C7H10ClN3/c1-5-7(11(2)3)9-4-6(8)10-5/h4H,1-3H3. The third kappa shape index (κ3) is 1.80. The molecule has 0 saturated heterocycles. The van der Waals surface area contributed by atoms with Crippen molar-refractivity contribution in [2.45, 2.75) is 6.92 Å².